The van der Waals surface area contributed by atoms with Crippen molar-refractivity contribution >= 4 is 34.6 Å². The van der Waals surface area contributed by atoms with Gasteiger partial charge in [-0.15, -0.1) is 0 Å². The van der Waals surface area contributed by atoms with Crippen molar-refractivity contribution in [3.05, 3.63) is 144 Å². The number of phenols is 2. The third-order valence-corrected chi connectivity index (χ3v) is 7.42. The number of benzene rings is 6. The lowest BCUT2D eigenvalue weighted by atomic mass is 9.99. The number of aryl methyl sites for hydroxylation is 2. The summed E-state index contributed by atoms with van der Waals surface area (Å²) in [7, 11) is 0. The summed E-state index contributed by atoms with van der Waals surface area (Å²) in [6, 6.07) is 39.9. The lowest BCUT2D eigenvalue weighted by Crippen LogP contribution is -1.90. The molecule has 0 bridgehead atoms. The molecule has 0 aliphatic carbocycles. The SMILES string of the molecule is Cc1cc(-c2ccccc2)cc(C=Nc2cccc3cccc(N=Cc4cc(-c5ccccc5)cc(C)c4O)c23)c1O. The Bertz CT molecular complexity index is 1820. The Balaban J connectivity index is 1.40. The van der Waals surface area contributed by atoms with E-state index >= 15 is 0 Å². The van der Waals surface area contributed by atoms with Crippen LogP contribution >= 0.6 is 0 Å². The third-order valence-electron chi connectivity index (χ3n) is 7.42. The van der Waals surface area contributed by atoms with E-state index < -0.39 is 0 Å². The van der Waals surface area contributed by atoms with Crippen LogP contribution in [0.2, 0.25) is 0 Å². The number of hydrogen-bond acceptors (Lipinski definition) is 4. The fourth-order valence-electron chi connectivity index (χ4n) is 5.20. The fraction of sp³-hybridized carbons (Fsp3) is 0.0526. The Labute approximate surface area is 245 Å². The number of aliphatic imine (C=N–C) groups is 2. The molecule has 204 valence electrons. The minimum Gasteiger partial charge on any atom is -0.507 e. The highest BCUT2D eigenvalue weighted by Gasteiger charge is 2.10. The molecule has 0 amide bonds. The molecule has 4 nitrogen and oxygen atoms in total. The summed E-state index contributed by atoms with van der Waals surface area (Å²) < 4.78 is 0. The molecular weight excluding hydrogens is 516 g/mol. The molecule has 0 saturated heterocycles. The van der Waals surface area contributed by atoms with E-state index in [0.717, 1.165) is 55.5 Å². The molecule has 4 heteroatoms. The van der Waals surface area contributed by atoms with Gasteiger partial charge < -0.3 is 10.2 Å². The second-order valence-electron chi connectivity index (χ2n) is 10.4. The normalized spacial score (nSPS) is 11.6. The van der Waals surface area contributed by atoms with Crippen LogP contribution in [0.4, 0.5) is 11.4 Å². The van der Waals surface area contributed by atoms with Crippen LogP contribution in [0.1, 0.15) is 22.3 Å². The number of phenolic OH excluding ortho intramolecular Hbond substituents is 2. The van der Waals surface area contributed by atoms with Crippen LogP contribution in [-0.2, 0) is 0 Å². The Morgan fingerprint density at radius 3 is 1.33 bits per heavy atom. The zero-order chi connectivity index (χ0) is 29.1. The maximum absolute atomic E-state index is 10.8. The van der Waals surface area contributed by atoms with Gasteiger partial charge in [-0.2, -0.15) is 0 Å². The van der Waals surface area contributed by atoms with Crippen LogP contribution in [0, 0.1) is 13.8 Å². The molecule has 0 aliphatic rings. The van der Waals surface area contributed by atoms with Crippen molar-refractivity contribution in [3.63, 3.8) is 0 Å². The minimum absolute atomic E-state index is 0.209. The molecule has 6 rings (SSSR count). The number of hydrogen-bond donors (Lipinski definition) is 2. The summed E-state index contributed by atoms with van der Waals surface area (Å²) in [6.45, 7) is 3.79. The summed E-state index contributed by atoms with van der Waals surface area (Å²) in [6.07, 6.45) is 3.42. The molecule has 2 N–H and O–H groups in total. The minimum atomic E-state index is 0.209. The lowest BCUT2D eigenvalue weighted by molar-refractivity contribution is 0.470. The van der Waals surface area contributed by atoms with Gasteiger partial charge >= 0.3 is 0 Å². The molecule has 0 aliphatic heterocycles. The van der Waals surface area contributed by atoms with Crippen LogP contribution in [0.25, 0.3) is 33.0 Å². The van der Waals surface area contributed by atoms with E-state index in [1.807, 2.05) is 111 Å². The Kier molecular flexibility index (Phi) is 7.35. The predicted molar refractivity (Wildman–Crippen MR) is 175 cm³/mol. The number of aromatic hydroxyl groups is 2. The lowest BCUT2D eigenvalue weighted by Gasteiger charge is -2.10. The molecule has 0 fully saturated rings. The first kappa shape index (κ1) is 26.7. The van der Waals surface area contributed by atoms with Gasteiger partial charge in [0, 0.05) is 28.9 Å². The molecule has 0 unspecified atom stereocenters. The molecule has 0 saturated carbocycles. The predicted octanol–water partition coefficient (Wildman–Crippen LogP) is 9.70. The van der Waals surface area contributed by atoms with Crippen molar-refractivity contribution in [1.29, 1.82) is 0 Å². The highest BCUT2D eigenvalue weighted by Crippen LogP contribution is 2.36. The molecule has 0 atom stereocenters. The van der Waals surface area contributed by atoms with Gasteiger partial charge in [0.25, 0.3) is 0 Å². The number of nitrogens with zero attached hydrogens (tertiary/aromatic N) is 2. The van der Waals surface area contributed by atoms with Gasteiger partial charge in [-0.25, -0.2) is 0 Å². The Morgan fingerprint density at radius 1 is 0.476 bits per heavy atom. The quantitative estimate of drug-likeness (QED) is 0.204. The highest BCUT2D eigenvalue weighted by atomic mass is 16.3. The zero-order valence-corrected chi connectivity index (χ0v) is 23.5. The largest absolute Gasteiger partial charge is 0.507 e. The fourth-order valence-corrected chi connectivity index (χ4v) is 5.20. The van der Waals surface area contributed by atoms with Gasteiger partial charge in [-0.1, -0.05) is 84.9 Å². The first-order valence-electron chi connectivity index (χ1n) is 13.9. The molecule has 0 heterocycles. The van der Waals surface area contributed by atoms with Crippen LogP contribution in [0.15, 0.2) is 131 Å². The van der Waals surface area contributed by atoms with E-state index in [1.54, 1.807) is 12.4 Å². The number of fused-ring (bicyclic) bond motifs is 1. The summed E-state index contributed by atoms with van der Waals surface area (Å²) in [5.74, 6) is 0.419. The van der Waals surface area contributed by atoms with Crippen LogP contribution < -0.4 is 0 Å². The standard InChI is InChI=1S/C38H30N2O2/c1-25-19-30(27-11-5-3-6-12-27)21-32(37(25)41)23-39-34-17-9-15-29-16-10-18-35(36(29)34)40-24-33-22-31(20-26(2)38(33)42)28-13-7-4-8-14-28/h3-24,41-42H,1-2H3. The average molecular weight is 547 g/mol. The van der Waals surface area contributed by atoms with Gasteiger partial charge in [0.2, 0.25) is 0 Å². The summed E-state index contributed by atoms with van der Waals surface area (Å²) in [5, 5.41) is 23.6. The molecular formula is C38H30N2O2. The maximum atomic E-state index is 10.8. The highest BCUT2D eigenvalue weighted by molar-refractivity contribution is 6.04. The molecule has 0 spiro atoms. The molecule has 6 aromatic carbocycles. The Hall–Kier alpha value is -5.48. The summed E-state index contributed by atoms with van der Waals surface area (Å²) >= 11 is 0. The van der Waals surface area contributed by atoms with Crippen molar-refractivity contribution in [1.82, 2.24) is 0 Å². The van der Waals surface area contributed by atoms with Crippen molar-refractivity contribution in [2.45, 2.75) is 13.8 Å². The van der Waals surface area contributed by atoms with Crippen LogP contribution in [-0.4, -0.2) is 22.6 Å². The maximum Gasteiger partial charge on any atom is 0.127 e. The monoisotopic (exact) mass is 546 g/mol. The second-order valence-corrected chi connectivity index (χ2v) is 10.4. The molecule has 6 aromatic rings. The van der Waals surface area contributed by atoms with Crippen molar-refractivity contribution < 1.29 is 10.2 Å². The third kappa shape index (κ3) is 5.43. The molecule has 0 radical (unpaired) electrons. The van der Waals surface area contributed by atoms with Crippen molar-refractivity contribution in [2.75, 3.05) is 0 Å². The first-order chi connectivity index (χ1) is 20.5. The summed E-state index contributed by atoms with van der Waals surface area (Å²) in [5.41, 5.74) is 8.52. The van der Waals surface area contributed by atoms with Gasteiger partial charge in [0.05, 0.1) is 11.4 Å². The average Bonchev–Trinajstić information content (AvgIpc) is 3.03. The van der Waals surface area contributed by atoms with E-state index in [2.05, 4.69) is 24.3 Å². The van der Waals surface area contributed by atoms with E-state index in [0.29, 0.717) is 11.1 Å². The topological polar surface area (TPSA) is 65.2 Å². The van der Waals surface area contributed by atoms with Gasteiger partial charge in [0.15, 0.2) is 0 Å². The van der Waals surface area contributed by atoms with Gasteiger partial charge in [0.1, 0.15) is 11.5 Å². The van der Waals surface area contributed by atoms with Crippen molar-refractivity contribution in [3.8, 4) is 33.8 Å². The molecule has 0 aromatic heterocycles. The van der Waals surface area contributed by atoms with Crippen LogP contribution in [0.5, 0.6) is 11.5 Å². The van der Waals surface area contributed by atoms with E-state index in [1.165, 1.54) is 0 Å². The van der Waals surface area contributed by atoms with Crippen molar-refractivity contribution in [2.24, 2.45) is 9.98 Å². The molecule has 42 heavy (non-hydrogen) atoms. The summed E-state index contributed by atoms with van der Waals surface area (Å²) in [4.78, 5) is 9.67. The van der Waals surface area contributed by atoms with E-state index in [9.17, 15) is 10.2 Å². The Morgan fingerprint density at radius 2 is 0.905 bits per heavy atom. The van der Waals surface area contributed by atoms with Gasteiger partial charge in [-0.3, -0.25) is 9.98 Å². The first-order valence-corrected chi connectivity index (χ1v) is 13.9. The van der Waals surface area contributed by atoms with Gasteiger partial charge in [-0.05, 0) is 89.0 Å². The van der Waals surface area contributed by atoms with E-state index in [-0.39, 0.29) is 11.5 Å². The second kappa shape index (κ2) is 11.6. The number of rotatable bonds is 6. The van der Waals surface area contributed by atoms with E-state index in [4.69, 9.17) is 9.98 Å². The van der Waals surface area contributed by atoms with Crippen LogP contribution in [0.3, 0.4) is 0 Å². The zero-order valence-electron chi connectivity index (χ0n) is 23.5. The smallest absolute Gasteiger partial charge is 0.127 e.